The van der Waals surface area contributed by atoms with Gasteiger partial charge in [0.25, 0.3) is 0 Å². The molecule has 2 rings (SSSR count). The van der Waals surface area contributed by atoms with Crippen LogP contribution in [0.3, 0.4) is 0 Å². The molecule has 0 bridgehead atoms. The van der Waals surface area contributed by atoms with Gasteiger partial charge in [-0.1, -0.05) is 24.3 Å². The van der Waals surface area contributed by atoms with Gasteiger partial charge >= 0.3 is 6.09 Å². The number of nitrogens with two attached hydrogens (primary N) is 1. The first-order valence-electron chi connectivity index (χ1n) is 8.88. The monoisotopic (exact) mass is 362 g/mol. The predicted molar refractivity (Wildman–Crippen MR) is 102 cm³/mol. The number of amides is 1. The average Bonchev–Trinajstić information content (AvgIpc) is 2.59. The van der Waals surface area contributed by atoms with Gasteiger partial charge in [0.05, 0.1) is 13.2 Å². The molecular formula is C19H30N4O3. The molecule has 1 aromatic rings. The molecule has 1 aliphatic heterocycles. The van der Waals surface area contributed by atoms with Gasteiger partial charge in [0, 0.05) is 33.3 Å². The zero-order chi connectivity index (χ0) is 19.2. The van der Waals surface area contributed by atoms with Crippen LogP contribution in [-0.4, -0.2) is 60.7 Å². The van der Waals surface area contributed by atoms with Crippen molar-refractivity contribution in [3.63, 3.8) is 0 Å². The van der Waals surface area contributed by atoms with Gasteiger partial charge in [-0.15, -0.1) is 0 Å². The van der Waals surface area contributed by atoms with E-state index in [2.05, 4.69) is 4.99 Å². The lowest BCUT2D eigenvalue weighted by atomic mass is 10.1. The van der Waals surface area contributed by atoms with Crippen molar-refractivity contribution in [2.75, 3.05) is 33.3 Å². The molecule has 7 heteroatoms. The third kappa shape index (κ3) is 5.91. The molecule has 0 saturated carbocycles. The quantitative estimate of drug-likeness (QED) is 0.656. The summed E-state index contributed by atoms with van der Waals surface area (Å²) in [5.41, 5.74) is 7.89. The Labute approximate surface area is 155 Å². The molecule has 0 unspecified atom stereocenters. The molecule has 0 spiro atoms. The van der Waals surface area contributed by atoms with E-state index >= 15 is 0 Å². The first-order valence-corrected chi connectivity index (χ1v) is 8.88. The second-order valence-corrected chi connectivity index (χ2v) is 7.33. The first-order chi connectivity index (χ1) is 12.3. The summed E-state index contributed by atoms with van der Waals surface area (Å²) in [5.74, 6) is 0.501. The summed E-state index contributed by atoms with van der Waals surface area (Å²) in [6.07, 6.45) is -0.277. The Morgan fingerprint density at radius 2 is 1.69 bits per heavy atom. The van der Waals surface area contributed by atoms with E-state index in [0.717, 1.165) is 11.1 Å². The van der Waals surface area contributed by atoms with Crippen LogP contribution in [0.2, 0.25) is 0 Å². The Morgan fingerprint density at radius 3 is 2.27 bits per heavy atom. The van der Waals surface area contributed by atoms with Crippen molar-refractivity contribution in [1.82, 2.24) is 9.80 Å². The third-order valence-corrected chi connectivity index (χ3v) is 4.08. The number of rotatable bonds is 4. The maximum Gasteiger partial charge on any atom is 0.410 e. The van der Waals surface area contributed by atoms with Crippen molar-refractivity contribution < 1.29 is 14.3 Å². The highest BCUT2D eigenvalue weighted by atomic mass is 16.6. The number of methoxy groups -OCH3 is 1. The summed E-state index contributed by atoms with van der Waals surface area (Å²) in [6, 6.07) is 8.04. The van der Waals surface area contributed by atoms with Gasteiger partial charge in [-0.25, -0.2) is 9.79 Å². The van der Waals surface area contributed by atoms with Crippen LogP contribution in [0.1, 0.15) is 31.9 Å². The number of hydrogen-bond acceptors (Lipinski definition) is 4. The molecule has 0 radical (unpaired) electrons. The number of hydrogen-bond donors (Lipinski definition) is 1. The van der Waals surface area contributed by atoms with Crippen LogP contribution in [0, 0.1) is 0 Å². The molecule has 0 aromatic heterocycles. The summed E-state index contributed by atoms with van der Waals surface area (Å²) < 4.78 is 10.6. The fourth-order valence-electron chi connectivity index (χ4n) is 2.72. The maximum atomic E-state index is 12.1. The van der Waals surface area contributed by atoms with Crippen LogP contribution >= 0.6 is 0 Å². The van der Waals surface area contributed by atoms with Gasteiger partial charge in [0.2, 0.25) is 0 Å². The van der Waals surface area contributed by atoms with Crippen LogP contribution < -0.4 is 5.73 Å². The lowest BCUT2D eigenvalue weighted by Gasteiger charge is -2.36. The Kier molecular flexibility index (Phi) is 6.85. The SMILES string of the molecule is COCc1ccccc1CN=C(N)N1CCN(C(=O)OC(C)(C)C)CC1. The van der Waals surface area contributed by atoms with Crippen LogP contribution in [0.4, 0.5) is 4.79 Å². The number of piperazine rings is 1. The van der Waals surface area contributed by atoms with Crippen LogP contribution in [0.15, 0.2) is 29.3 Å². The lowest BCUT2D eigenvalue weighted by Crippen LogP contribution is -2.53. The highest BCUT2D eigenvalue weighted by Crippen LogP contribution is 2.13. The number of nitrogens with zero attached hydrogens (tertiary/aromatic N) is 3. The average molecular weight is 362 g/mol. The molecular weight excluding hydrogens is 332 g/mol. The van der Waals surface area contributed by atoms with E-state index in [1.165, 1.54) is 0 Å². The normalized spacial score (nSPS) is 15.9. The summed E-state index contributed by atoms with van der Waals surface area (Å²) in [4.78, 5) is 20.3. The summed E-state index contributed by atoms with van der Waals surface area (Å²) >= 11 is 0. The molecule has 144 valence electrons. The van der Waals surface area contributed by atoms with Gasteiger partial charge in [-0.2, -0.15) is 0 Å². The van der Waals surface area contributed by atoms with E-state index in [0.29, 0.717) is 45.3 Å². The number of carbonyl (C=O) groups is 1. The number of carbonyl (C=O) groups excluding carboxylic acids is 1. The molecule has 0 aliphatic carbocycles. The zero-order valence-corrected chi connectivity index (χ0v) is 16.2. The number of ether oxygens (including phenoxy) is 2. The predicted octanol–water partition coefficient (Wildman–Crippen LogP) is 2.20. The van der Waals surface area contributed by atoms with Crippen molar-refractivity contribution in [1.29, 1.82) is 0 Å². The Hall–Kier alpha value is -2.28. The van der Waals surface area contributed by atoms with Crippen LogP contribution in [0.5, 0.6) is 0 Å². The fraction of sp³-hybridized carbons (Fsp3) is 0.579. The van der Waals surface area contributed by atoms with E-state index in [4.69, 9.17) is 15.2 Å². The third-order valence-electron chi connectivity index (χ3n) is 4.08. The zero-order valence-electron chi connectivity index (χ0n) is 16.2. The fourth-order valence-corrected chi connectivity index (χ4v) is 2.72. The lowest BCUT2D eigenvalue weighted by molar-refractivity contribution is 0.0186. The topological polar surface area (TPSA) is 80.4 Å². The van der Waals surface area contributed by atoms with Crippen LogP contribution in [0.25, 0.3) is 0 Å². The van der Waals surface area contributed by atoms with Gasteiger partial charge < -0.3 is 25.0 Å². The van der Waals surface area contributed by atoms with E-state index < -0.39 is 5.60 Å². The van der Waals surface area contributed by atoms with Crippen molar-refractivity contribution >= 4 is 12.1 Å². The Morgan fingerprint density at radius 1 is 1.12 bits per heavy atom. The summed E-state index contributed by atoms with van der Waals surface area (Å²) in [5, 5.41) is 0. The van der Waals surface area contributed by atoms with Crippen LogP contribution in [-0.2, 0) is 22.6 Å². The summed E-state index contributed by atoms with van der Waals surface area (Å²) in [7, 11) is 1.68. The van der Waals surface area contributed by atoms with Crippen molar-refractivity contribution in [2.45, 2.75) is 39.5 Å². The molecule has 1 saturated heterocycles. The van der Waals surface area contributed by atoms with E-state index in [1.54, 1.807) is 12.0 Å². The Bertz CT molecular complexity index is 632. The maximum absolute atomic E-state index is 12.1. The minimum absolute atomic E-state index is 0.277. The summed E-state index contributed by atoms with van der Waals surface area (Å²) in [6.45, 7) is 9.12. The molecule has 0 atom stereocenters. The molecule has 1 heterocycles. The van der Waals surface area contributed by atoms with E-state index in [9.17, 15) is 4.79 Å². The second-order valence-electron chi connectivity index (χ2n) is 7.33. The second kappa shape index (κ2) is 8.89. The van der Waals surface area contributed by atoms with Gasteiger partial charge in [0.15, 0.2) is 5.96 Å². The number of aliphatic imine (C=N–C) groups is 1. The van der Waals surface area contributed by atoms with Gasteiger partial charge in [-0.3, -0.25) is 0 Å². The molecule has 7 nitrogen and oxygen atoms in total. The molecule has 1 fully saturated rings. The van der Waals surface area contributed by atoms with Crippen molar-refractivity contribution in [3.8, 4) is 0 Å². The van der Waals surface area contributed by atoms with E-state index in [-0.39, 0.29) is 6.09 Å². The standard InChI is InChI=1S/C19H30N4O3/c1-19(2,3)26-18(24)23-11-9-22(10-12-23)17(20)21-13-15-7-5-6-8-16(15)14-25-4/h5-8H,9-14H2,1-4H3,(H2,20,21). The van der Waals surface area contributed by atoms with Crippen molar-refractivity contribution in [3.05, 3.63) is 35.4 Å². The van der Waals surface area contributed by atoms with Gasteiger partial charge in [0.1, 0.15) is 5.60 Å². The number of guanidine groups is 1. The molecule has 1 amide bonds. The highest BCUT2D eigenvalue weighted by Gasteiger charge is 2.26. The van der Waals surface area contributed by atoms with Gasteiger partial charge in [-0.05, 0) is 31.9 Å². The minimum atomic E-state index is -0.482. The highest BCUT2D eigenvalue weighted by molar-refractivity contribution is 5.78. The molecule has 2 N–H and O–H groups in total. The molecule has 1 aromatic carbocycles. The molecule has 26 heavy (non-hydrogen) atoms. The first kappa shape index (κ1) is 20.0. The number of benzene rings is 1. The molecule has 1 aliphatic rings. The van der Waals surface area contributed by atoms with E-state index in [1.807, 2.05) is 49.9 Å². The Balaban J connectivity index is 1.89. The minimum Gasteiger partial charge on any atom is -0.444 e. The van der Waals surface area contributed by atoms with Crippen molar-refractivity contribution in [2.24, 2.45) is 10.7 Å². The smallest absolute Gasteiger partial charge is 0.410 e. The largest absolute Gasteiger partial charge is 0.444 e.